The largest absolute Gasteiger partial charge is 0.380 e. The zero-order valence-corrected chi connectivity index (χ0v) is 9.48. The summed E-state index contributed by atoms with van der Waals surface area (Å²) in [5.74, 6) is -0.167. The molecule has 1 aliphatic carbocycles. The molecule has 1 N–H and O–H groups in total. The Labute approximate surface area is 91.8 Å². The molecule has 0 spiro atoms. The van der Waals surface area contributed by atoms with Crippen molar-refractivity contribution in [1.82, 2.24) is 0 Å². The van der Waals surface area contributed by atoms with Crippen molar-refractivity contribution in [3.05, 3.63) is 28.5 Å². The van der Waals surface area contributed by atoms with Gasteiger partial charge in [0.05, 0.1) is 5.69 Å². The predicted octanol–water partition coefficient (Wildman–Crippen LogP) is 3.94. The molecule has 1 aromatic rings. The molecule has 76 valence electrons. The van der Waals surface area contributed by atoms with Crippen LogP contribution in [0.15, 0.2) is 22.7 Å². The minimum Gasteiger partial charge on any atom is -0.380 e. The second-order valence-electron chi connectivity index (χ2n) is 3.75. The first-order valence-electron chi connectivity index (χ1n) is 4.97. The highest BCUT2D eigenvalue weighted by Gasteiger charge is 2.15. The van der Waals surface area contributed by atoms with Crippen LogP contribution in [0.4, 0.5) is 10.1 Å². The number of rotatable bonds is 2. The lowest BCUT2D eigenvalue weighted by molar-refractivity contribution is 0.624. The molecule has 2 rings (SSSR count). The summed E-state index contributed by atoms with van der Waals surface area (Å²) in [5, 5.41) is 3.24. The number of hydrogen-bond donors (Lipinski definition) is 1. The van der Waals surface area contributed by atoms with Crippen molar-refractivity contribution in [2.45, 2.75) is 31.7 Å². The molecule has 14 heavy (non-hydrogen) atoms. The Hall–Kier alpha value is -0.570. The van der Waals surface area contributed by atoms with Gasteiger partial charge < -0.3 is 5.32 Å². The quantitative estimate of drug-likeness (QED) is 0.847. The van der Waals surface area contributed by atoms with Crippen LogP contribution in [0.2, 0.25) is 0 Å². The summed E-state index contributed by atoms with van der Waals surface area (Å²) in [6.45, 7) is 0. The summed E-state index contributed by atoms with van der Waals surface area (Å²) in [5.41, 5.74) is 0.617. The molecule has 0 aliphatic heterocycles. The summed E-state index contributed by atoms with van der Waals surface area (Å²) in [4.78, 5) is 0. The first-order chi connectivity index (χ1) is 6.75. The average molecular weight is 258 g/mol. The third kappa shape index (κ3) is 2.27. The minimum atomic E-state index is -0.167. The number of nitrogens with one attached hydrogen (secondary N) is 1. The van der Waals surface area contributed by atoms with Gasteiger partial charge in [0.15, 0.2) is 0 Å². The van der Waals surface area contributed by atoms with Gasteiger partial charge in [-0.1, -0.05) is 28.8 Å². The van der Waals surface area contributed by atoms with Crippen molar-refractivity contribution >= 4 is 21.6 Å². The minimum absolute atomic E-state index is 0.167. The van der Waals surface area contributed by atoms with E-state index in [-0.39, 0.29) is 5.82 Å². The Bertz CT molecular complexity index is 321. The van der Waals surface area contributed by atoms with Gasteiger partial charge >= 0.3 is 0 Å². The van der Waals surface area contributed by atoms with Crippen molar-refractivity contribution < 1.29 is 4.39 Å². The van der Waals surface area contributed by atoms with Gasteiger partial charge in [0.1, 0.15) is 5.82 Å². The molecule has 1 aliphatic rings. The van der Waals surface area contributed by atoms with E-state index < -0.39 is 0 Å². The fraction of sp³-hybridized carbons (Fsp3) is 0.455. The number of benzene rings is 1. The van der Waals surface area contributed by atoms with E-state index >= 15 is 0 Å². The van der Waals surface area contributed by atoms with Gasteiger partial charge in [0, 0.05) is 10.5 Å². The average Bonchev–Trinajstić information content (AvgIpc) is 2.64. The van der Waals surface area contributed by atoms with Crippen LogP contribution in [0, 0.1) is 5.82 Å². The third-order valence-electron chi connectivity index (χ3n) is 2.64. The summed E-state index contributed by atoms with van der Waals surface area (Å²) >= 11 is 3.34. The Morgan fingerprint density at radius 3 is 2.71 bits per heavy atom. The second-order valence-corrected chi connectivity index (χ2v) is 4.67. The monoisotopic (exact) mass is 257 g/mol. The molecule has 0 bridgehead atoms. The van der Waals surface area contributed by atoms with E-state index in [1.165, 1.54) is 18.9 Å². The first kappa shape index (κ1) is 9.97. The van der Waals surface area contributed by atoms with Gasteiger partial charge in [-0.3, -0.25) is 0 Å². The zero-order chi connectivity index (χ0) is 9.97. The van der Waals surface area contributed by atoms with Crippen LogP contribution in [0.25, 0.3) is 0 Å². The van der Waals surface area contributed by atoms with Crippen molar-refractivity contribution in [2.24, 2.45) is 0 Å². The normalized spacial score (nSPS) is 17.3. The molecule has 0 atom stereocenters. The predicted molar refractivity (Wildman–Crippen MR) is 60.0 cm³/mol. The molecule has 0 aromatic heterocycles. The maximum Gasteiger partial charge on any atom is 0.146 e. The lowest BCUT2D eigenvalue weighted by Crippen LogP contribution is -2.15. The van der Waals surface area contributed by atoms with E-state index in [9.17, 15) is 4.39 Å². The molecule has 0 unspecified atom stereocenters. The van der Waals surface area contributed by atoms with Gasteiger partial charge in [-0.15, -0.1) is 0 Å². The fourth-order valence-corrected chi connectivity index (χ4v) is 2.26. The molecule has 0 radical (unpaired) electrons. The van der Waals surface area contributed by atoms with Gasteiger partial charge in [-0.2, -0.15) is 0 Å². The summed E-state index contributed by atoms with van der Waals surface area (Å²) in [6, 6.07) is 5.46. The molecular weight excluding hydrogens is 245 g/mol. The molecule has 1 aromatic carbocycles. The van der Waals surface area contributed by atoms with Gasteiger partial charge in [-0.05, 0) is 31.0 Å². The molecule has 1 nitrogen and oxygen atoms in total. The summed E-state index contributed by atoms with van der Waals surface area (Å²) in [6.07, 6.45) is 4.83. The molecule has 0 heterocycles. The third-order valence-corrected chi connectivity index (χ3v) is 3.14. The van der Waals surface area contributed by atoms with Crippen molar-refractivity contribution in [1.29, 1.82) is 0 Å². The van der Waals surface area contributed by atoms with Crippen LogP contribution in [0.5, 0.6) is 0 Å². The Morgan fingerprint density at radius 1 is 1.29 bits per heavy atom. The van der Waals surface area contributed by atoms with E-state index in [0.29, 0.717) is 11.7 Å². The molecule has 3 heteroatoms. The van der Waals surface area contributed by atoms with Crippen molar-refractivity contribution in [3.63, 3.8) is 0 Å². The smallest absolute Gasteiger partial charge is 0.146 e. The number of hydrogen-bond acceptors (Lipinski definition) is 1. The van der Waals surface area contributed by atoms with E-state index in [0.717, 1.165) is 17.3 Å². The van der Waals surface area contributed by atoms with Crippen LogP contribution in [-0.4, -0.2) is 6.04 Å². The second kappa shape index (κ2) is 4.30. The van der Waals surface area contributed by atoms with E-state index in [4.69, 9.17) is 0 Å². The zero-order valence-electron chi connectivity index (χ0n) is 7.89. The topological polar surface area (TPSA) is 12.0 Å². The maximum absolute atomic E-state index is 13.3. The number of halogens is 2. The van der Waals surface area contributed by atoms with Crippen LogP contribution in [0.3, 0.4) is 0 Å². The Morgan fingerprint density at radius 2 is 2.00 bits per heavy atom. The van der Waals surface area contributed by atoms with Gasteiger partial charge in [0.25, 0.3) is 0 Å². The van der Waals surface area contributed by atoms with Gasteiger partial charge in [0.2, 0.25) is 0 Å². The summed E-state index contributed by atoms with van der Waals surface area (Å²) < 4.78 is 14.3. The molecule has 1 saturated carbocycles. The highest BCUT2D eigenvalue weighted by atomic mass is 79.9. The van der Waals surface area contributed by atoms with E-state index in [1.54, 1.807) is 12.1 Å². The highest BCUT2D eigenvalue weighted by molar-refractivity contribution is 9.10. The molecule has 1 fully saturated rings. The Balaban J connectivity index is 2.10. The highest BCUT2D eigenvalue weighted by Crippen LogP contribution is 2.25. The van der Waals surface area contributed by atoms with E-state index in [1.807, 2.05) is 0 Å². The molecule has 0 amide bonds. The molecule has 0 saturated heterocycles. The SMILES string of the molecule is Fc1ccc(Br)cc1NC1CCCC1. The van der Waals surface area contributed by atoms with Crippen LogP contribution < -0.4 is 5.32 Å². The first-order valence-corrected chi connectivity index (χ1v) is 5.76. The summed E-state index contributed by atoms with van der Waals surface area (Å²) in [7, 11) is 0. The van der Waals surface area contributed by atoms with Crippen molar-refractivity contribution in [3.8, 4) is 0 Å². The van der Waals surface area contributed by atoms with Crippen molar-refractivity contribution in [2.75, 3.05) is 5.32 Å². The standard InChI is InChI=1S/C11H13BrFN/c12-8-5-6-10(13)11(7-8)14-9-3-1-2-4-9/h5-7,9,14H,1-4H2. The lowest BCUT2D eigenvalue weighted by atomic mass is 10.2. The van der Waals surface area contributed by atoms with Crippen LogP contribution >= 0.6 is 15.9 Å². The lowest BCUT2D eigenvalue weighted by Gasteiger charge is -2.14. The van der Waals surface area contributed by atoms with Crippen LogP contribution in [0.1, 0.15) is 25.7 Å². The Kier molecular flexibility index (Phi) is 3.06. The number of anilines is 1. The fourth-order valence-electron chi connectivity index (χ4n) is 1.90. The van der Waals surface area contributed by atoms with Gasteiger partial charge in [-0.25, -0.2) is 4.39 Å². The van der Waals surface area contributed by atoms with Crippen LogP contribution in [-0.2, 0) is 0 Å². The molecular formula is C11H13BrFN. The maximum atomic E-state index is 13.3. The van der Waals surface area contributed by atoms with E-state index in [2.05, 4.69) is 21.2 Å².